The van der Waals surface area contributed by atoms with Crippen LogP contribution in [-0.2, 0) is 14.8 Å². The number of rotatable bonds is 3. The van der Waals surface area contributed by atoms with Crippen LogP contribution in [0.3, 0.4) is 0 Å². The fourth-order valence-corrected chi connectivity index (χ4v) is 2.54. The summed E-state index contributed by atoms with van der Waals surface area (Å²) in [6.07, 6.45) is 0.786. The third kappa shape index (κ3) is 3.12. The minimum absolute atomic E-state index is 0.0271. The maximum atomic E-state index is 12.1. The lowest BCUT2D eigenvalue weighted by atomic mass is 9.89. The molecule has 4 N–H and O–H groups in total. The van der Waals surface area contributed by atoms with Crippen molar-refractivity contribution in [2.75, 3.05) is 18.4 Å². The Morgan fingerprint density at radius 1 is 1.37 bits per heavy atom. The molecule has 1 aliphatic rings. The van der Waals surface area contributed by atoms with Crippen LogP contribution in [0, 0.1) is 5.41 Å². The Morgan fingerprint density at radius 2 is 2.00 bits per heavy atom. The number of amides is 1. The lowest BCUT2D eigenvalue weighted by Crippen LogP contribution is -2.35. The van der Waals surface area contributed by atoms with Crippen LogP contribution in [0.4, 0.5) is 5.69 Å². The average molecular weight is 283 g/mol. The van der Waals surface area contributed by atoms with Crippen molar-refractivity contribution in [2.24, 2.45) is 10.6 Å². The molecule has 1 heterocycles. The van der Waals surface area contributed by atoms with Gasteiger partial charge in [0.1, 0.15) is 0 Å². The first-order chi connectivity index (χ1) is 8.81. The smallest absolute Gasteiger partial charge is 0.238 e. The zero-order valence-corrected chi connectivity index (χ0v) is 11.5. The van der Waals surface area contributed by atoms with Gasteiger partial charge in [-0.15, -0.1) is 0 Å². The lowest BCUT2D eigenvalue weighted by Gasteiger charge is -2.21. The summed E-state index contributed by atoms with van der Waals surface area (Å²) >= 11 is 0. The largest absolute Gasteiger partial charge is 0.326 e. The number of anilines is 1. The van der Waals surface area contributed by atoms with Gasteiger partial charge in [0.25, 0.3) is 0 Å². The Labute approximate surface area is 112 Å². The van der Waals surface area contributed by atoms with Crippen molar-refractivity contribution in [3.05, 3.63) is 24.3 Å². The summed E-state index contributed by atoms with van der Waals surface area (Å²) in [6, 6.07) is 5.81. The van der Waals surface area contributed by atoms with Crippen LogP contribution in [0.1, 0.15) is 13.3 Å². The molecule has 0 spiro atoms. The molecule has 0 aliphatic carbocycles. The van der Waals surface area contributed by atoms with Crippen LogP contribution in [-0.4, -0.2) is 27.4 Å². The summed E-state index contributed by atoms with van der Waals surface area (Å²) < 4.78 is 22.2. The van der Waals surface area contributed by atoms with E-state index in [0.29, 0.717) is 12.2 Å². The van der Waals surface area contributed by atoms with E-state index >= 15 is 0 Å². The van der Waals surface area contributed by atoms with E-state index in [1.807, 2.05) is 6.92 Å². The van der Waals surface area contributed by atoms with Crippen molar-refractivity contribution in [3.8, 4) is 0 Å². The van der Waals surface area contributed by atoms with E-state index in [2.05, 4.69) is 10.6 Å². The third-order valence-corrected chi connectivity index (χ3v) is 4.29. The highest BCUT2D eigenvalue weighted by Gasteiger charge is 2.36. The molecule has 0 radical (unpaired) electrons. The SMILES string of the molecule is CC1(C(=O)Nc2ccc(S(N)(=O)=O)cc2)CCNC1. The second-order valence-corrected chi connectivity index (χ2v) is 6.57. The quantitative estimate of drug-likeness (QED) is 0.741. The van der Waals surface area contributed by atoms with Gasteiger partial charge in [0.2, 0.25) is 15.9 Å². The van der Waals surface area contributed by atoms with E-state index < -0.39 is 15.4 Å². The molecule has 7 heteroatoms. The van der Waals surface area contributed by atoms with Gasteiger partial charge in [-0.1, -0.05) is 0 Å². The van der Waals surface area contributed by atoms with Gasteiger partial charge in [-0.2, -0.15) is 0 Å². The Hall–Kier alpha value is -1.44. The van der Waals surface area contributed by atoms with E-state index in [1.54, 1.807) is 0 Å². The van der Waals surface area contributed by atoms with Gasteiger partial charge in [-0.05, 0) is 44.2 Å². The van der Waals surface area contributed by atoms with E-state index in [-0.39, 0.29) is 10.8 Å². The van der Waals surface area contributed by atoms with E-state index in [0.717, 1.165) is 13.0 Å². The fourth-order valence-electron chi connectivity index (χ4n) is 2.02. The number of carbonyl (C=O) groups excluding carboxylic acids is 1. The van der Waals surface area contributed by atoms with Gasteiger partial charge in [0.15, 0.2) is 0 Å². The second-order valence-electron chi connectivity index (χ2n) is 5.01. The zero-order valence-electron chi connectivity index (χ0n) is 10.6. The predicted octanol–water partition coefficient (Wildman–Crippen LogP) is 0.272. The van der Waals surface area contributed by atoms with E-state index in [1.165, 1.54) is 24.3 Å². The molecule has 0 bridgehead atoms. The van der Waals surface area contributed by atoms with E-state index in [9.17, 15) is 13.2 Å². The Morgan fingerprint density at radius 3 is 2.47 bits per heavy atom. The predicted molar refractivity (Wildman–Crippen MR) is 72.0 cm³/mol. The molecule has 1 atom stereocenters. The van der Waals surface area contributed by atoms with Gasteiger partial charge in [-0.25, -0.2) is 13.6 Å². The van der Waals surface area contributed by atoms with Crippen LogP contribution < -0.4 is 15.8 Å². The fraction of sp³-hybridized carbons (Fsp3) is 0.417. The minimum Gasteiger partial charge on any atom is -0.326 e. The van der Waals surface area contributed by atoms with Gasteiger partial charge in [-0.3, -0.25) is 4.79 Å². The molecule has 1 aliphatic heterocycles. The Balaban J connectivity index is 2.10. The number of sulfonamides is 1. The molecule has 1 fully saturated rings. The van der Waals surface area contributed by atoms with E-state index in [4.69, 9.17) is 5.14 Å². The molecule has 1 aromatic rings. The normalized spacial score (nSPS) is 23.3. The first-order valence-corrected chi connectivity index (χ1v) is 7.51. The van der Waals surface area contributed by atoms with Crippen molar-refractivity contribution >= 4 is 21.6 Å². The molecular formula is C12H17N3O3S. The maximum absolute atomic E-state index is 12.1. The average Bonchev–Trinajstić information content (AvgIpc) is 2.77. The lowest BCUT2D eigenvalue weighted by molar-refractivity contribution is -0.123. The highest BCUT2D eigenvalue weighted by molar-refractivity contribution is 7.89. The second kappa shape index (κ2) is 4.92. The summed E-state index contributed by atoms with van der Waals surface area (Å²) in [5.41, 5.74) is 0.143. The highest BCUT2D eigenvalue weighted by Crippen LogP contribution is 2.26. The number of carbonyl (C=O) groups is 1. The zero-order chi connectivity index (χ0) is 14.1. The third-order valence-electron chi connectivity index (χ3n) is 3.36. The molecule has 0 saturated carbocycles. The van der Waals surface area contributed by atoms with Crippen molar-refractivity contribution in [2.45, 2.75) is 18.2 Å². The van der Waals surface area contributed by atoms with Crippen LogP contribution in [0.15, 0.2) is 29.2 Å². The number of benzene rings is 1. The summed E-state index contributed by atoms with van der Waals surface area (Å²) in [5, 5.41) is 10.9. The topological polar surface area (TPSA) is 101 Å². The Bertz CT molecular complexity index is 575. The van der Waals surface area contributed by atoms with Crippen molar-refractivity contribution in [3.63, 3.8) is 0 Å². The summed E-state index contributed by atoms with van der Waals surface area (Å²) in [4.78, 5) is 12.2. The molecule has 0 aromatic heterocycles. The molecule has 1 amide bonds. The molecule has 2 rings (SSSR count). The molecular weight excluding hydrogens is 266 g/mol. The molecule has 1 unspecified atom stereocenters. The number of nitrogens with one attached hydrogen (secondary N) is 2. The molecule has 19 heavy (non-hydrogen) atoms. The van der Waals surface area contributed by atoms with Crippen LogP contribution in [0.5, 0.6) is 0 Å². The summed E-state index contributed by atoms with van der Waals surface area (Å²) in [5.74, 6) is -0.0687. The molecule has 1 saturated heterocycles. The Kier molecular flexibility index (Phi) is 3.62. The first-order valence-electron chi connectivity index (χ1n) is 5.96. The number of nitrogens with two attached hydrogens (primary N) is 1. The highest BCUT2D eigenvalue weighted by atomic mass is 32.2. The van der Waals surface area contributed by atoms with Gasteiger partial charge in [0.05, 0.1) is 10.3 Å². The van der Waals surface area contributed by atoms with Gasteiger partial charge >= 0.3 is 0 Å². The molecule has 104 valence electrons. The standard InChI is InChI=1S/C12H17N3O3S/c1-12(6-7-14-8-12)11(16)15-9-2-4-10(5-3-9)19(13,17)18/h2-5,14H,6-8H2,1H3,(H,15,16)(H2,13,17,18). The summed E-state index contributed by atoms with van der Waals surface area (Å²) in [7, 11) is -3.70. The van der Waals surface area contributed by atoms with Crippen molar-refractivity contribution < 1.29 is 13.2 Å². The van der Waals surface area contributed by atoms with Crippen LogP contribution in [0.25, 0.3) is 0 Å². The number of hydrogen-bond donors (Lipinski definition) is 3. The maximum Gasteiger partial charge on any atom is 0.238 e. The number of hydrogen-bond acceptors (Lipinski definition) is 4. The van der Waals surface area contributed by atoms with Crippen LogP contribution >= 0.6 is 0 Å². The molecule has 1 aromatic carbocycles. The first kappa shape index (κ1) is 14.0. The molecule has 6 nitrogen and oxygen atoms in total. The number of primary sulfonamides is 1. The van der Waals surface area contributed by atoms with Gasteiger partial charge < -0.3 is 10.6 Å². The van der Waals surface area contributed by atoms with Gasteiger partial charge in [0, 0.05) is 12.2 Å². The monoisotopic (exact) mass is 283 g/mol. The van der Waals surface area contributed by atoms with Crippen molar-refractivity contribution in [1.82, 2.24) is 5.32 Å². The van der Waals surface area contributed by atoms with Crippen LogP contribution in [0.2, 0.25) is 0 Å². The van der Waals surface area contributed by atoms with Crippen molar-refractivity contribution in [1.29, 1.82) is 0 Å². The summed E-state index contributed by atoms with van der Waals surface area (Å²) in [6.45, 7) is 3.38. The minimum atomic E-state index is -3.70.